The summed E-state index contributed by atoms with van der Waals surface area (Å²) >= 11 is 5.67. The lowest BCUT2D eigenvalue weighted by Crippen LogP contribution is -2.02. The van der Waals surface area contributed by atoms with Crippen molar-refractivity contribution in [1.29, 1.82) is 0 Å². The molecule has 14 heavy (non-hydrogen) atoms. The van der Waals surface area contributed by atoms with E-state index in [1.807, 2.05) is 0 Å². The summed E-state index contributed by atoms with van der Waals surface area (Å²) in [6, 6.07) is 2.42. The van der Waals surface area contributed by atoms with Crippen LogP contribution in [0.1, 0.15) is 17.3 Å². The number of nitrogen functional groups attached to an aromatic ring is 1. The van der Waals surface area contributed by atoms with Crippen molar-refractivity contribution in [3.05, 3.63) is 32.8 Å². The van der Waals surface area contributed by atoms with Crippen LogP contribution in [0.25, 0.3) is 0 Å². The molecule has 0 aliphatic carbocycles. The molecule has 0 saturated carbocycles. The molecule has 0 unspecified atom stereocenters. The monoisotopic (exact) mass is 214 g/mol. The zero-order valence-corrected chi connectivity index (χ0v) is 8.04. The first kappa shape index (κ1) is 10.5. The number of anilines is 1. The first-order valence-electron chi connectivity index (χ1n) is 3.68. The Hall–Kier alpha value is -1.62. The standard InChI is InChI=1S/C8H7ClN2O3/c1-4(12)8-6(9)2-5(10)3-7(8)11(13)14/h2-3H,10H2,1H3. The van der Waals surface area contributed by atoms with Crippen LogP contribution in [0.4, 0.5) is 11.4 Å². The van der Waals surface area contributed by atoms with Crippen molar-refractivity contribution in [3.8, 4) is 0 Å². The van der Waals surface area contributed by atoms with Crippen molar-refractivity contribution in [2.45, 2.75) is 6.92 Å². The number of carbonyl (C=O) groups is 1. The Bertz CT molecular complexity index is 417. The zero-order chi connectivity index (χ0) is 10.9. The fourth-order valence-electron chi connectivity index (χ4n) is 1.11. The van der Waals surface area contributed by atoms with Crippen molar-refractivity contribution < 1.29 is 9.72 Å². The van der Waals surface area contributed by atoms with E-state index in [4.69, 9.17) is 17.3 Å². The van der Waals surface area contributed by atoms with Gasteiger partial charge in [0, 0.05) is 11.8 Å². The summed E-state index contributed by atoms with van der Waals surface area (Å²) in [5, 5.41) is 10.6. The lowest BCUT2D eigenvalue weighted by atomic mass is 10.1. The Balaban J connectivity index is 3.52. The normalized spacial score (nSPS) is 9.86. The largest absolute Gasteiger partial charge is 0.398 e. The number of benzene rings is 1. The van der Waals surface area contributed by atoms with E-state index in [0.717, 1.165) is 6.07 Å². The second-order valence-electron chi connectivity index (χ2n) is 2.71. The van der Waals surface area contributed by atoms with Crippen LogP contribution >= 0.6 is 11.6 Å². The maximum atomic E-state index is 11.1. The summed E-state index contributed by atoms with van der Waals surface area (Å²) in [4.78, 5) is 21.0. The third-order valence-corrected chi connectivity index (χ3v) is 1.94. The van der Waals surface area contributed by atoms with Crippen LogP contribution in [0, 0.1) is 10.1 Å². The number of hydrogen-bond acceptors (Lipinski definition) is 4. The number of nitrogens with zero attached hydrogens (tertiary/aromatic N) is 1. The van der Waals surface area contributed by atoms with Gasteiger partial charge in [-0.2, -0.15) is 0 Å². The molecular formula is C8H7ClN2O3. The van der Waals surface area contributed by atoms with E-state index in [0.29, 0.717) is 0 Å². The molecule has 74 valence electrons. The highest BCUT2D eigenvalue weighted by Gasteiger charge is 2.21. The van der Waals surface area contributed by atoms with E-state index in [2.05, 4.69) is 0 Å². The van der Waals surface area contributed by atoms with E-state index in [-0.39, 0.29) is 22.0 Å². The molecule has 0 aliphatic heterocycles. The molecule has 1 aromatic rings. The van der Waals surface area contributed by atoms with Crippen molar-refractivity contribution in [1.82, 2.24) is 0 Å². The molecule has 2 N–H and O–H groups in total. The molecule has 0 saturated heterocycles. The maximum absolute atomic E-state index is 11.1. The van der Waals surface area contributed by atoms with Gasteiger partial charge in [-0.05, 0) is 13.0 Å². The van der Waals surface area contributed by atoms with Gasteiger partial charge in [0.25, 0.3) is 5.69 Å². The van der Waals surface area contributed by atoms with Crippen LogP contribution in [0.5, 0.6) is 0 Å². The fourth-order valence-corrected chi connectivity index (χ4v) is 1.46. The van der Waals surface area contributed by atoms with Gasteiger partial charge in [0.15, 0.2) is 5.78 Å². The second-order valence-corrected chi connectivity index (χ2v) is 3.12. The first-order chi connectivity index (χ1) is 6.43. The fraction of sp³-hybridized carbons (Fsp3) is 0.125. The predicted octanol–water partition coefficient (Wildman–Crippen LogP) is 2.03. The SMILES string of the molecule is CC(=O)c1c(Cl)cc(N)cc1[N+](=O)[O-]. The topological polar surface area (TPSA) is 86.2 Å². The highest BCUT2D eigenvalue weighted by molar-refractivity contribution is 6.34. The van der Waals surface area contributed by atoms with Crippen molar-refractivity contribution in [2.75, 3.05) is 5.73 Å². The molecule has 6 heteroatoms. The summed E-state index contributed by atoms with van der Waals surface area (Å²) in [6.45, 7) is 1.21. The van der Waals surface area contributed by atoms with Crippen molar-refractivity contribution in [3.63, 3.8) is 0 Å². The Kier molecular flexibility index (Phi) is 2.71. The molecule has 0 aliphatic rings. The number of nitro benzene ring substituents is 1. The van der Waals surface area contributed by atoms with E-state index in [9.17, 15) is 14.9 Å². The van der Waals surface area contributed by atoms with Crippen LogP contribution in [0.15, 0.2) is 12.1 Å². The quantitative estimate of drug-likeness (QED) is 0.353. The second kappa shape index (κ2) is 3.63. The smallest absolute Gasteiger partial charge is 0.283 e. The number of carbonyl (C=O) groups excluding carboxylic acids is 1. The summed E-state index contributed by atoms with van der Waals surface area (Å²) in [7, 11) is 0. The summed E-state index contributed by atoms with van der Waals surface area (Å²) in [5.74, 6) is -0.457. The minimum atomic E-state index is -0.682. The van der Waals surface area contributed by atoms with Crippen LogP contribution in [0.3, 0.4) is 0 Å². The van der Waals surface area contributed by atoms with Gasteiger partial charge >= 0.3 is 0 Å². The molecule has 0 atom stereocenters. The average Bonchev–Trinajstić information content (AvgIpc) is 2.01. The van der Waals surface area contributed by atoms with Gasteiger partial charge in [-0.1, -0.05) is 11.6 Å². The Morgan fingerprint density at radius 2 is 2.14 bits per heavy atom. The molecular weight excluding hydrogens is 208 g/mol. The minimum absolute atomic E-state index is 0.00389. The predicted molar refractivity (Wildman–Crippen MR) is 52.5 cm³/mol. The number of Topliss-reactive ketones (excluding diaryl/α,β-unsaturated/α-hetero) is 1. The van der Waals surface area contributed by atoms with Gasteiger partial charge in [0.05, 0.1) is 9.95 Å². The molecule has 0 radical (unpaired) electrons. The molecule has 0 bridgehead atoms. The molecule has 0 spiro atoms. The molecule has 1 aromatic carbocycles. The molecule has 1 rings (SSSR count). The van der Waals surface area contributed by atoms with E-state index in [1.165, 1.54) is 13.0 Å². The number of rotatable bonds is 2. The lowest BCUT2D eigenvalue weighted by molar-refractivity contribution is -0.385. The Labute approximate surface area is 84.6 Å². The Morgan fingerprint density at radius 1 is 1.57 bits per heavy atom. The van der Waals surface area contributed by atoms with Gasteiger partial charge < -0.3 is 5.73 Å². The molecule has 0 amide bonds. The number of hydrogen-bond donors (Lipinski definition) is 1. The number of nitro groups is 1. The highest BCUT2D eigenvalue weighted by atomic mass is 35.5. The summed E-state index contributed by atoms with van der Waals surface area (Å²) < 4.78 is 0. The first-order valence-corrected chi connectivity index (χ1v) is 4.05. The van der Waals surface area contributed by atoms with Crippen molar-refractivity contribution >= 4 is 28.8 Å². The van der Waals surface area contributed by atoms with Crippen LogP contribution < -0.4 is 5.73 Å². The van der Waals surface area contributed by atoms with Gasteiger partial charge in [-0.25, -0.2) is 0 Å². The molecule has 0 fully saturated rings. The van der Waals surface area contributed by atoms with E-state index in [1.54, 1.807) is 0 Å². The van der Waals surface area contributed by atoms with Crippen LogP contribution in [0.2, 0.25) is 5.02 Å². The minimum Gasteiger partial charge on any atom is -0.398 e. The molecule has 5 nitrogen and oxygen atoms in total. The number of nitrogens with two attached hydrogens (primary N) is 1. The van der Waals surface area contributed by atoms with Gasteiger partial charge in [-0.15, -0.1) is 0 Å². The van der Waals surface area contributed by atoms with E-state index < -0.39 is 10.7 Å². The zero-order valence-electron chi connectivity index (χ0n) is 7.28. The van der Waals surface area contributed by atoms with Gasteiger partial charge in [-0.3, -0.25) is 14.9 Å². The molecule has 0 aromatic heterocycles. The maximum Gasteiger partial charge on any atom is 0.283 e. The summed E-state index contributed by atoms with van der Waals surface area (Å²) in [6.07, 6.45) is 0. The van der Waals surface area contributed by atoms with Crippen LogP contribution in [-0.2, 0) is 0 Å². The van der Waals surface area contributed by atoms with Crippen molar-refractivity contribution in [2.24, 2.45) is 0 Å². The van der Waals surface area contributed by atoms with Crippen LogP contribution in [-0.4, -0.2) is 10.7 Å². The lowest BCUT2D eigenvalue weighted by Gasteiger charge is -2.02. The number of halogens is 1. The third-order valence-electron chi connectivity index (χ3n) is 1.64. The molecule has 0 heterocycles. The average molecular weight is 215 g/mol. The van der Waals surface area contributed by atoms with Gasteiger partial charge in [0.2, 0.25) is 0 Å². The summed E-state index contributed by atoms with van der Waals surface area (Å²) in [5.41, 5.74) is 5.06. The number of ketones is 1. The van der Waals surface area contributed by atoms with E-state index >= 15 is 0 Å². The highest BCUT2D eigenvalue weighted by Crippen LogP contribution is 2.29. The Morgan fingerprint density at radius 3 is 2.57 bits per heavy atom. The van der Waals surface area contributed by atoms with Gasteiger partial charge in [0.1, 0.15) is 5.56 Å². The third kappa shape index (κ3) is 1.82.